The van der Waals surface area contributed by atoms with Gasteiger partial charge >= 0.3 is 0 Å². The van der Waals surface area contributed by atoms with Gasteiger partial charge in [-0.15, -0.1) is 5.10 Å². The summed E-state index contributed by atoms with van der Waals surface area (Å²) in [5, 5.41) is 15.6. The molecule has 1 saturated carbocycles. The van der Waals surface area contributed by atoms with E-state index in [4.69, 9.17) is 0 Å². The third kappa shape index (κ3) is 3.08. The van der Waals surface area contributed by atoms with Crippen molar-refractivity contribution in [1.29, 1.82) is 0 Å². The second-order valence-corrected chi connectivity index (χ2v) is 6.10. The van der Waals surface area contributed by atoms with Crippen LogP contribution in [0.4, 0.5) is 5.69 Å². The van der Waals surface area contributed by atoms with E-state index in [0.29, 0.717) is 6.04 Å². The Hall–Kier alpha value is -2.69. The van der Waals surface area contributed by atoms with Crippen molar-refractivity contribution in [2.75, 3.05) is 5.32 Å². The number of nitrogens with zero attached hydrogens (tertiary/aromatic N) is 4. The molecule has 4 rings (SSSR count). The second kappa shape index (κ2) is 5.83. The van der Waals surface area contributed by atoms with Crippen molar-refractivity contribution in [3.8, 4) is 11.4 Å². The summed E-state index contributed by atoms with van der Waals surface area (Å²) in [7, 11) is 0. The predicted octanol–water partition coefficient (Wildman–Crippen LogP) is 3.60. The van der Waals surface area contributed by atoms with Gasteiger partial charge in [-0.1, -0.05) is 42.0 Å². The maximum atomic E-state index is 4.19. The lowest BCUT2D eigenvalue weighted by molar-refractivity contribution is 0.615. The number of nitrogens with one attached hydrogen (secondary N) is 1. The molecule has 1 aromatic heterocycles. The van der Waals surface area contributed by atoms with Crippen LogP contribution in [0.5, 0.6) is 0 Å². The van der Waals surface area contributed by atoms with E-state index < -0.39 is 0 Å². The Morgan fingerprint density at radius 3 is 2.83 bits per heavy atom. The maximum Gasteiger partial charge on any atom is 0.182 e. The Balaban J connectivity index is 1.53. The van der Waals surface area contributed by atoms with Gasteiger partial charge in [-0.05, 0) is 47.9 Å². The standard InChI is InChI=1S/C18H19N5/c1-13-4-2-5-14(10-13)12-19-16-7-3-6-15(11-16)18-20-21-22-23(18)17-8-9-17/h2-7,10-11,17,19H,8-9,12H2,1H3. The minimum Gasteiger partial charge on any atom is -0.381 e. The molecule has 1 N–H and O–H groups in total. The van der Waals surface area contributed by atoms with Gasteiger partial charge in [-0.25, -0.2) is 4.68 Å². The molecule has 1 heterocycles. The van der Waals surface area contributed by atoms with Crippen LogP contribution in [0.3, 0.4) is 0 Å². The number of benzene rings is 2. The normalized spacial score (nSPS) is 14.0. The average Bonchev–Trinajstić information content (AvgIpc) is 3.30. The van der Waals surface area contributed by atoms with Crippen LogP contribution in [-0.2, 0) is 6.54 Å². The molecule has 0 radical (unpaired) electrons. The van der Waals surface area contributed by atoms with Gasteiger partial charge in [0.2, 0.25) is 0 Å². The fraction of sp³-hybridized carbons (Fsp3) is 0.278. The van der Waals surface area contributed by atoms with E-state index in [2.05, 4.69) is 70.2 Å². The van der Waals surface area contributed by atoms with Crippen LogP contribution in [0.2, 0.25) is 0 Å². The van der Waals surface area contributed by atoms with E-state index in [0.717, 1.165) is 23.6 Å². The van der Waals surface area contributed by atoms with Gasteiger partial charge in [0.25, 0.3) is 0 Å². The lowest BCUT2D eigenvalue weighted by atomic mass is 10.1. The summed E-state index contributed by atoms with van der Waals surface area (Å²) >= 11 is 0. The molecule has 0 spiro atoms. The molecule has 23 heavy (non-hydrogen) atoms. The van der Waals surface area contributed by atoms with Crippen LogP contribution >= 0.6 is 0 Å². The molecule has 1 aliphatic rings. The number of hydrogen-bond donors (Lipinski definition) is 1. The molecular weight excluding hydrogens is 286 g/mol. The van der Waals surface area contributed by atoms with Crippen LogP contribution in [0.25, 0.3) is 11.4 Å². The van der Waals surface area contributed by atoms with Gasteiger partial charge in [0.1, 0.15) is 0 Å². The third-order valence-electron chi connectivity index (χ3n) is 4.09. The number of anilines is 1. The molecule has 0 saturated heterocycles. The Morgan fingerprint density at radius 2 is 2.00 bits per heavy atom. The van der Waals surface area contributed by atoms with Gasteiger partial charge in [0.05, 0.1) is 6.04 Å². The molecule has 0 amide bonds. The third-order valence-corrected chi connectivity index (χ3v) is 4.09. The molecule has 0 aliphatic heterocycles. The number of aromatic nitrogens is 4. The number of rotatable bonds is 5. The molecule has 5 heteroatoms. The molecule has 3 aromatic rings. The van der Waals surface area contributed by atoms with Crippen molar-refractivity contribution >= 4 is 5.69 Å². The number of tetrazole rings is 1. The summed E-state index contributed by atoms with van der Waals surface area (Å²) in [5.74, 6) is 0.853. The summed E-state index contributed by atoms with van der Waals surface area (Å²) in [5.41, 5.74) is 4.69. The zero-order chi connectivity index (χ0) is 15.6. The van der Waals surface area contributed by atoms with E-state index >= 15 is 0 Å². The summed E-state index contributed by atoms with van der Waals surface area (Å²) in [6, 6.07) is 17.3. The molecule has 0 atom stereocenters. The van der Waals surface area contributed by atoms with Gasteiger partial charge in [-0.2, -0.15) is 0 Å². The molecule has 5 nitrogen and oxygen atoms in total. The summed E-state index contributed by atoms with van der Waals surface area (Å²) in [4.78, 5) is 0. The maximum absolute atomic E-state index is 4.19. The van der Waals surface area contributed by atoms with Gasteiger partial charge in [0, 0.05) is 17.8 Å². The first-order chi connectivity index (χ1) is 11.3. The fourth-order valence-corrected chi connectivity index (χ4v) is 2.74. The van der Waals surface area contributed by atoms with Crippen LogP contribution in [0.15, 0.2) is 48.5 Å². The highest BCUT2D eigenvalue weighted by Crippen LogP contribution is 2.36. The van der Waals surface area contributed by atoms with E-state index in [1.165, 1.54) is 24.0 Å². The SMILES string of the molecule is Cc1cccc(CNc2cccc(-c3nnnn3C3CC3)c2)c1. The van der Waals surface area contributed by atoms with Crippen LogP contribution in [-0.4, -0.2) is 20.2 Å². The largest absolute Gasteiger partial charge is 0.381 e. The monoisotopic (exact) mass is 305 g/mol. The Morgan fingerprint density at radius 1 is 1.13 bits per heavy atom. The minimum atomic E-state index is 0.476. The van der Waals surface area contributed by atoms with Gasteiger partial charge in [0.15, 0.2) is 5.82 Å². The number of aryl methyl sites for hydroxylation is 1. The molecular formula is C18H19N5. The van der Waals surface area contributed by atoms with Crippen molar-refractivity contribution in [2.24, 2.45) is 0 Å². The van der Waals surface area contributed by atoms with Crippen LogP contribution in [0.1, 0.15) is 30.0 Å². The highest BCUT2D eigenvalue weighted by atomic mass is 15.6. The summed E-state index contributed by atoms with van der Waals surface area (Å²) in [6.45, 7) is 2.92. The van der Waals surface area contributed by atoms with E-state index in [-0.39, 0.29) is 0 Å². The predicted molar refractivity (Wildman–Crippen MR) is 90.0 cm³/mol. The first kappa shape index (κ1) is 13.9. The second-order valence-electron chi connectivity index (χ2n) is 6.10. The quantitative estimate of drug-likeness (QED) is 0.782. The smallest absolute Gasteiger partial charge is 0.182 e. The topological polar surface area (TPSA) is 55.6 Å². The molecule has 1 aliphatic carbocycles. The van der Waals surface area contributed by atoms with Crippen molar-refractivity contribution in [2.45, 2.75) is 32.4 Å². The highest BCUT2D eigenvalue weighted by molar-refractivity contribution is 5.62. The minimum absolute atomic E-state index is 0.476. The van der Waals surface area contributed by atoms with Crippen molar-refractivity contribution in [1.82, 2.24) is 20.2 Å². The molecule has 1 fully saturated rings. The van der Waals surface area contributed by atoms with E-state index in [1.54, 1.807) is 0 Å². The first-order valence-corrected chi connectivity index (χ1v) is 7.97. The zero-order valence-electron chi connectivity index (χ0n) is 13.1. The van der Waals surface area contributed by atoms with E-state index in [9.17, 15) is 0 Å². The molecule has 2 aromatic carbocycles. The van der Waals surface area contributed by atoms with Gasteiger partial charge < -0.3 is 5.32 Å². The Bertz CT molecular complexity index is 820. The lowest BCUT2D eigenvalue weighted by Gasteiger charge is -2.09. The van der Waals surface area contributed by atoms with Crippen molar-refractivity contribution in [3.05, 3.63) is 59.7 Å². The molecule has 116 valence electrons. The highest BCUT2D eigenvalue weighted by Gasteiger charge is 2.28. The van der Waals surface area contributed by atoms with Crippen molar-refractivity contribution in [3.63, 3.8) is 0 Å². The van der Waals surface area contributed by atoms with Gasteiger partial charge in [-0.3, -0.25) is 0 Å². The number of hydrogen-bond acceptors (Lipinski definition) is 4. The van der Waals surface area contributed by atoms with E-state index in [1.807, 2.05) is 10.7 Å². The van der Waals surface area contributed by atoms with Crippen LogP contribution in [0, 0.1) is 6.92 Å². The first-order valence-electron chi connectivity index (χ1n) is 7.97. The molecule has 0 unspecified atom stereocenters. The van der Waals surface area contributed by atoms with Crippen LogP contribution < -0.4 is 5.32 Å². The molecule has 0 bridgehead atoms. The lowest BCUT2D eigenvalue weighted by Crippen LogP contribution is -2.02. The summed E-state index contributed by atoms with van der Waals surface area (Å²) in [6.07, 6.45) is 2.34. The zero-order valence-corrected chi connectivity index (χ0v) is 13.1. The van der Waals surface area contributed by atoms with Crippen molar-refractivity contribution < 1.29 is 0 Å². The Labute approximate surface area is 135 Å². The summed E-state index contributed by atoms with van der Waals surface area (Å²) < 4.78 is 1.94. The fourth-order valence-electron chi connectivity index (χ4n) is 2.74. The Kier molecular flexibility index (Phi) is 3.54. The average molecular weight is 305 g/mol.